The molecule has 23 heavy (non-hydrogen) atoms. The van der Waals surface area contributed by atoms with Gasteiger partial charge in [0.2, 0.25) is 5.96 Å². The molecule has 0 fully saturated rings. The quantitative estimate of drug-likeness (QED) is 0.514. The number of hydrogen-bond donors (Lipinski definition) is 2. The van der Waals surface area contributed by atoms with Crippen molar-refractivity contribution in [1.29, 1.82) is 0 Å². The van der Waals surface area contributed by atoms with Crippen LogP contribution in [0.2, 0.25) is 0 Å². The Morgan fingerprint density at radius 2 is 1.52 bits per heavy atom. The largest absolute Gasteiger partial charge is 0.367 e. The van der Waals surface area contributed by atoms with E-state index in [-0.39, 0.29) is 18.4 Å². The predicted molar refractivity (Wildman–Crippen MR) is 99.6 cm³/mol. The third-order valence-corrected chi connectivity index (χ3v) is 2.85. The van der Waals surface area contributed by atoms with Crippen LogP contribution in [0.25, 0.3) is 0 Å². The molecule has 120 valence electrons. The van der Waals surface area contributed by atoms with Crippen LogP contribution in [-0.4, -0.2) is 18.4 Å². The van der Waals surface area contributed by atoms with E-state index in [1.807, 2.05) is 62.4 Å². The molecule has 0 amide bonds. The highest BCUT2D eigenvalue weighted by atomic mass is 35.5. The molecule has 2 rings (SSSR count). The Kier molecular flexibility index (Phi) is 7.50. The molecule has 5 nitrogen and oxygen atoms in total. The van der Waals surface area contributed by atoms with Gasteiger partial charge in [-0.05, 0) is 25.0 Å². The highest BCUT2D eigenvalue weighted by Gasteiger charge is 1.90. The molecule has 0 radical (unpaired) electrons. The first kappa shape index (κ1) is 18.4. The topological polar surface area (TPSA) is 75.1 Å². The van der Waals surface area contributed by atoms with Crippen molar-refractivity contribution in [3.8, 4) is 0 Å². The molecule has 6 heteroatoms. The maximum Gasteiger partial charge on any atom is 0.234 e. The first-order chi connectivity index (χ1) is 10.6. The number of nitrogens with two attached hydrogens (primary N) is 1. The fourth-order valence-corrected chi connectivity index (χ4v) is 1.85. The van der Waals surface area contributed by atoms with E-state index in [1.54, 1.807) is 12.4 Å². The SMILES string of the molecule is Cc1cccc(/C=N/N=C(\N)N/N=C/c2cccc(C)c2)c1.Cl. The Labute approximate surface area is 142 Å². The minimum atomic E-state index is 0. The molecule has 0 aromatic heterocycles. The molecule has 0 heterocycles. The molecule has 0 aliphatic rings. The molecule has 0 saturated heterocycles. The van der Waals surface area contributed by atoms with Crippen molar-refractivity contribution < 1.29 is 0 Å². The third-order valence-electron chi connectivity index (χ3n) is 2.85. The number of benzene rings is 2. The van der Waals surface area contributed by atoms with Crippen molar-refractivity contribution in [3.63, 3.8) is 0 Å². The number of halogens is 1. The summed E-state index contributed by atoms with van der Waals surface area (Å²) >= 11 is 0. The van der Waals surface area contributed by atoms with Gasteiger partial charge < -0.3 is 5.73 Å². The van der Waals surface area contributed by atoms with Gasteiger partial charge in [-0.1, -0.05) is 59.7 Å². The van der Waals surface area contributed by atoms with E-state index in [9.17, 15) is 0 Å². The summed E-state index contributed by atoms with van der Waals surface area (Å²) in [5.74, 6) is 0.132. The first-order valence-corrected chi connectivity index (χ1v) is 6.92. The van der Waals surface area contributed by atoms with Crippen molar-refractivity contribution in [3.05, 3.63) is 70.8 Å². The predicted octanol–water partition coefficient (Wildman–Crippen LogP) is 3.00. The van der Waals surface area contributed by atoms with Gasteiger partial charge >= 0.3 is 0 Å². The number of hydrogen-bond acceptors (Lipinski definition) is 3. The van der Waals surface area contributed by atoms with Crippen molar-refractivity contribution in [1.82, 2.24) is 5.43 Å². The second kappa shape index (κ2) is 9.38. The van der Waals surface area contributed by atoms with Crippen molar-refractivity contribution in [2.45, 2.75) is 13.8 Å². The lowest BCUT2D eigenvalue weighted by Crippen LogP contribution is -2.26. The Balaban J connectivity index is 0.00000264. The van der Waals surface area contributed by atoms with Crippen molar-refractivity contribution in [2.24, 2.45) is 21.0 Å². The summed E-state index contributed by atoms with van der Waals surface area (Å²) in [7, 11) is 0. The second-order valence-electron chi connectivity index (χ2n) is 4.93. The van der Waals surface area contributed by atoms with Crippen molar-refractivity contribution in [2.75, 3.05) is 0 Å². The van der Waals surface area contributed by atoms with Crippen LogP contribution in [-0.2, 0) is 0 Å². The van der Waals surface area contributed by atoms with E-state index in [0.29, 0.717) is 0 Å². The van der Waals surface area contributed by atoms with E-state index < -0.39 is 0 Å². The van der Waals surface area contributed by atoms with E-state index >= 15 is 0 Å². The summed E-state index contributed by atoms with van der Waals surface area (Å²) in [5, 5.41) is 11.8. The fraction of sp³-hybridized carbons (Fsp3) is 0.118. The van der Waals surface area contributed by atoms with Crippen LogP contribution in [0.3, 0.4) is 0 Å². The smallest absolute Gasteiger partial charge is 0.234 e. The maximum absolute atomic E-state index is 5.67. The molecule has 0 spiro atoms. The van der Waals surface area contributed by atoms with Crippen LogP contribution in [0, 0.1) is 13.8 Å². The molecule has 0 bridgehead atoms. The summed E-state index contributed by atoms with van der Waals surface area (Å²) in [4.78, 5) is 0. The van der Waals surface area contributed by atoms with Gasteiger partial charge in [0, 0.05) is 0 Å². The van der Waals surface area contributed by atoms with Gasteiger partial charge in [-0.25, -0.2) is 5.43 Å². The molecule has 2 aromatic carbocycles. The van der Waals surface area contributed by atoms with E-state index in [1.165, 1.54) is 11.1 Å². The van der Waals surface area contributed by atoms with Gasteiger partial charge in [-0.2, -0.15) is 10.2 Å². The number of nitrogens with one attached hydrogen (secondary N) is 1. The molecule has 0 aliphatic carbocycles. The monoisotopic (exact) mass is 329 g/mol. The summed E-state index contributed by atoms with van der Waals surface area (Å²) < 4.78 is 0. The summed E-state index contributed by atoms with van der Waals surface area (Å²) in [6.07, 6.45) is 3.32. The zero-order chi connectivity index (χ0) is 15.8. The number of guanidine groups is 1. The molecular weight excluding hydrogens is 310 g/mol. The first-order valence-electron chi connectivity index (χ1n) is 6.92. The van der Waals surface area contributed by atoms with Crippen LogP contribution < -0.4 is 11.2 Å². The van der Waals surface area contributed by atoms with Crippen molar-refractivity contribution >= 4 is 30.8 Å². The standard InChI is InChI=1S/C17H19N5.ClH/c1-13-5-3-7-15(9-13)11-19-21-17(18)22-20-12-16-8-4-6-14(2)10-16;/h3-12H,1-2H3,(H3,18,21,22);1H/b19-11+,20-12+;. The lowest BCUT2D eigenvalue weighted by Gasteiger charge is -1.97. The molecule has 0 atom stereocenters. The molecule has 3 N–H and O–H groups in total. The molecule has 0 saturated carbocycles. The van der Waals surface area contributed by atoms with Crippen LogP contribution in [0.5, 0.6) is 0 Å². The van der Waals surface area contributed by atoms with Crippen LogP contribution in [0.15, 0.2) is 63.8 Å². The Bertz CT molecular complexity index is 722. The molecule has 0 aliphatic heterocycles. The Hall–Kier alpha value is -2.66. The third kappa shape index (κ3) is 6.76. The normalized spacial score (nSPS) is 11.7. The second-order valence-corrected chi connectivity index (χ2v) is 4.93. The van der Waals surface area contributed by atoms with Gasteiger partial charge in [-0.3, -0.25) is 0 Å². The lowest BCUT2D eigenvalue weighted by atomic mass is 10.2. The summed E-state index contributed by atoms with van der Waals surface area (Å²) in [5.41, 5.74) is 12.6. The maximum atomic E-state index is 5.67. The fourth-order valence-electron chi connectivity index (χ4n) is 1.85. The number of hydrazone groups is 1. The molecular formula is C17H20ClN5. The van der Waals surface area contributed by atoms with Gasteiger partial charge in [0.1, 0.15) is 0 Å². The molecule has 0 unspecified atom stereocenters. The van der Waals surface area contributed by atoms with Crippen LogP contribution >= 0.6 is 12.4 Å². The number of nitrogens with zero attached hydrogens (tertiary/aromatic N) is 3. The minimum absolute atomic E-state index is 0. The minimum Gasteiger partial charge on any atom is -0.367 e. The van der Waals surface area contributed by atoms with Crippen LogP contribution in [0.4, 0.5) is 0 Å². The average Bonchev–Trinajstić information content (AvgIpc) is 2.47. The number of aryl methyl sites for hydroxylation is 2. The molecule has 2 aromatic rings. The zero-order valence-electron chi connectivity index (χ0n) is 13.1. The van der Waals surface area contributed by atoms with E-state index in [4.69, 9.17) is 5.73 Å². The number of rotatable bonds is 4. The van der Waals surface area contributed by atoms with Gasteiger partial charge in [0.15, 0.2) is 0 Å². The van der Waals surface area contributed by atoms with E-state index in [0.717, 1.165) is 11.1 Å². The zero-order valence-corrected chi connectivity index (χ0v) is 13.9. The Morgan fingerprint density at radius 1 is 0.957 bits per heavy atom. The Morgan fingerprint density at radius 3 is 2.09 bits per heavy atom. The summed E-state index contributed by atoms with van der Waals surface area (Å²) in [6, 6.07) is 15.9. The highest BCUT2D eigenvalue weighted by Crippen LogP contribution is 2.01. The summed E-state index contributed by atoms with van der Waals surface area (Å²) in [6.45, 7) is 4.05. The van der Waals surface area contributed by atoms with E-state index in [2.05, 4.69) is 20.7 Å². The highest BCUT2D eigenvalue weighted by molar-refractivity contribution is 5.85. The lowest BCUT2D eigenvalue weighted by molar-refractivity contribution is 0.994. The van der Waals surface area contributed by atoms with Gasteiger partial charge in [-0.15, -0.1) is 17.5 Å². The van der Waals surface area contributed by atoms with Crippen LogP contribution in [0.1, 0.15) is 22.3 Å². The average molecular weight is 330 g/mol. The van der Waals surface area contributed by atoms with Gasteiger partial charge in [0.05, 0.1) is 12.4 Å². The van der Waals surface area contributed by atoms with Gasteiger partial charge in [0.25, 0.3) is 0 Å².